The van der Waals surface area contributed by atoms with E-state index >= 15 is 0 Å². The molecule has 4 rings (SSSR count). The van der Waals surface area contributed by atoms with Crippen LogP contribution in [0.5, 0.6) is 0 Å². The molecule has 1 aliphatic heterocycles. The van der Waals surface area contributed by atoms with E-state index in [-0.39, 0.29) is 11.9 Å². The molecule has 0 saturated carbocycles. The molecule has 2 amide bonds. The number of thiophene rings is 1. The van der Waals surface area contributed by atoms with Crippen molar-refractivity contribution in [2.75, 3.05) is 17.2 Å². The number of anilines is 2. The molecular weight excluding hydrogens is 446 g/mol. The average Bonchev–Trinajstić information content (AvgIpc) is 3.33. The molecule has 11 nitrogen and oxygen atoms in total. The largest absolute Gasteiger partial charge is 0.444 e. The minimum atomic E-state index is -0.610. The Kier molecular flexibility index (Phi) is 6.47. The number of nitrogens with one attached hydrogen (secondary N) is 3. The lowest BCUT2D eigenvalue weighted by atomic mass is 10.1. The highest BCUT2D eigenvalue weighted by molar-refractivity contribution is 7.17. The van der Waals surface area contributed by atoms with E-state index in [1.54, 1.807) is 56.5 Å². The molecule has 3 aromatic rings. The van der Waals surface area contributed by atoms with Gasteiger partial charge >= 0.3 is 6.09 Å². The zero-order chi connectivity index (χ0) is 23.6. The maximum Gasteiger partial charge on any atom is 0.409 e. The smallest absolute Gasteiger partial charge is 0.409 e. The van der Waals surface area contributed by atoms with Gasteiger partial charge in [-0.05, 0) is 33.6 Å². The van der Waals surface area contributed by atoms with Crippen molar-refractivity contribution in [1.29, 1.82) is 0 Å². The predicted molar refractivity (Wildman–Crippen MR) is 124 cm³/mol. The van der Waals surface area contributed by atoms with E-state index in [9.17, 15) is 9.59 Å². The monoisotopic (exact) mass is 473 g/mol. The summed E-state index contributed by atoms with van der Waals surface area (Å²) < 4.78 is 13.5. The van der Waals surface area contributed by atoms with Crippen LogP contribution in [0, 0.1) is 0 Å². The van der Waals surface area contributed by atoms with Gasteiger partial charge in [0.2, 0.25) is 5.95 Å². The molecule has 1 aliphatic rings. The van der Waals surface area contributed by atoms with Crippen LogP contribution in [0.25, 0.3) is 10.2 Å². The molecule has 176 valence electrons. The highest BCUT2D eigenvalue weighted by atomic mass is 32.1. The summed E-state index contributed by atoms with van der Waals surface area (Å²) in [6.07, 6.45) is 5.40. The van der Waals surface area contributed by atoms with Crippen LogP contribution in [0.15, 0.2) is 24.0 Å². The number of aromatic nitrogens is 4. The molecule has 0 radical (unpaired) electrons. The third-order valence-corrected chi connectivity index (χ3v) is 5.72. The van der Waals surface area contributed by atoms with E-state index in [1.165, 1.54) is 11.3 Å². The van der Waals surface area contributed by atoms with Crippen LogP contribution in [0.4, 0.5) is 16.4 Å². The lowest BCUT2D eigenvalue weighted by Gasteiger charge is -2.33. The number of nitrogens with zero attached hydrogens (tertiary/aromatic N) is 4. The molecule has 1 fully saturated rings. The standard InChI is InChI=1S/C21H27N7O4S/c1-21(2,3)32-20(30)27-18-14(6-5-7-31-18)25-19-22-9-15-16(26-19)13(11-33-15)17(29)24-12-8-23-28(4)10-12/h8-11,14,18H,5-7H2,1-4H3,(H,24,29)(H,27,30)(H,22,25,26)/t14-,18-/m1/s1. The van der Waals surface area contributed by atoms with Gasteiger partial charge < -0.3 is 20.1 Å². The maximum absolute atomic E-state index is 12.8. The number of amides is 2. The normalized spacial score (nSPS) is 18.7. The first-order chi connectivity index (χ1) is 15.7. The zero-order valence-corrected chi connectivity index (χ0v) is 19.7. The molecule has 12 heteroatoms. The van der Waals surface area contributed by atoms with Crippen LogP contribution in [0.1, 0.15) is 44.0 Å². The van der Waals surface area contributed by atoms with Gasteiger partial charge in [-0.25, -0.2) is 14.8 Å². The fraction of sp³-hybridized carbons (Fsp3) is 0.476. The van der Waals surface area contributed by atoms with E-state index in [0.29, 0.717) is 29.3 Å². The molecule has 33 heavy (non-hydrogen) atoms. The third-order valence-electron chi connectivity index (χ3n) is 4.82. The van der Waals surface area contributed by atoms with Crippen molar-refractivity contribution in [2.45, 2.75) is 51.5 Å². The van der Waals surface area contributed by atoms with Gasteiger partial charge in [0.1, 0.15) is 5.60 Å². The molecule has 0 bridgehead atoms. The molecule has 0 spiro atoms. The van der Waals surface area contributed by atoms with E-state index < -0.39 is 17.9 Å². The molecule has 4 heterocycles. The number of carbonyl (C=O) groups excluding carboxylic acids is 2. The molecule has 3 N–H and O–H groups in total. The number of alkyl carbamates (subject to hydrolysis) is 1. The minimum Gasteiger partial charge on any atom is -0.444 e. The number of hydrogen-bond donors (Lipinski definition) is 3. The number of hydrogen-bond acceptors (Lipinski definition) is 9. The average molecular weight is 474 g/mol. The van der Waals surface area contributed by atoms with Gasteiger partial charge in [0.25, 0.3) is 5.91 Å². The Bertz CT molecular complexity index is 1150. The minimum absolute atomic E-state index is 0.255. The number of rotatable bonds is 5. The van der Waals surface area contributed by atoms with Crippen molar-refractivity contribution in [3.63, 3.8) is 0 Å². The van der Waals surface area contributed by atoms with Crippen LogP contribution in [0.3, 0.4) is 0 Å². The Balaban J connectivity index is 1.49. The van der Waals surface area contributed by atoms with Crippen LogP contribution >= 0.6 is 11.3 Å². The SMILES string of the molecule is Cn1cc(NC(=O)c2csc3cnc(N[C@@H]4CCCO[C@H]4NC(=O)OC(C)(C)C)nc23)cn1. The van der Waals surface area contributed by atoms with Crippen LogP contribution < -0.4 is 16.0 Å². The lowest BCUT2D eigenvalue weighted by molar-refractivity contribution is -0.0237. The third kappa shape index (κ3) is 5.76. The van der Waals surface area contributed by atoms with Crippen LogP contribution in [0.2, 0.25) is 0 Å². The molecule has 2 atom stereocenters. The highest BCUT2D eigenvalue weighted by Gasteiger charge is 2.30. The van der Waals surface area contributed by atoms with Gasteiger partial charge in [-0.1, -0.05) is 0 Å². The summed E-state index contributed by atoms with van der Waals surface area (Å²) in [7, 11) is 1.78. The second-order valence-corrected chi connectivity index (χ2v) is 9.65. The first-order valence-corrected chi connectivity index (χ1v) is 11.5. The molecule has 0 unspecified atom stereocenters. The Morgan fingerprint density at radius 2 is 2.12 bits per heavy atom. The molecule has 1 saturated heterocycles. The highest BCUT2D eigenvalue weighted by Crippen LogP contribution is 2.26. The van der Waals surface area contributed by atoms with Gasteiger partial charge in [-0.15, -0.1) is 11.3 Å². The molecular formula is C21H27N7O4S. The lowest BCUT2D eigenvalue weighted by Crippen LogP contribution is -2.52. The quantitative estimate of drug-likeness (QED) is 0.515. The Morgan fingerprint density at radius 3 is 2.85 bits per heavy atom. The van der Waals surface area contributed by atoms with Gasteiger partial charge in [-0.2, -0.15) is 5.10 Å². The number of ether oxygens (including phenoxy) is 2. The van der Waals surface area contributed by atoms with Crippen molar-refractivity contribution in [1.82, 2.24) is 25.1 Å². The predicted octanol–water partition coefficient (Wildman–Crippen LogP) is 3.12. The maximum atomic E-state index is 12.8. The number of carbonyl (C=O) groups is 2. The summed E-state index contributed by atoms with van der Waals surface area (Å²) in [6.45, 7) is 5.93. The van der Waals surface area contributed by atoms with Crippen molar-refractivity contribution in [2.24, 2.45) is 7.05 Å². The second kappa shape index (κ2) is 9.32. The Morgan fingerprint density at radius 1 is 1.30 bits per heavy atom. The van der Waals surface area contributed by atoms with Gasteiger partial charge in [-0.3, -0.25) is 14.8 Å². The summed E-state index contributed by atoms with van der Waals surface area (Å²) >= 11 is 1.39. The van der Waals surface area contributed by atoms with Crippen molar-refractivity contribution < 1.29 is 19.1 Å². The first-order valence-electron chi connectivity index (χ1n) is 10.6. The summed E-state index contributed by atoms with van der Waals surface area (Å²) in [6, 6.07) is -0.255. The van der Waals surface area contributed by atoms with E-state index in [4.69, 9.17) is 9.47 Å². The Hall–Kier alpha value is -3.25. The summed E-state index contributed by atoms with van der Waals surface area (Å²) in [5, 5.41) is 14.6. The van der Waals surface area contributed by atoms with Crippen molar-refractivity contribution in [3.8, 4) is 0 Å². The van der Waals surface area contributed by atoms with Crippen molar-refractivity contribution >= 4 is 45.2 Å². The summed E-state index contributed by atoms with van der Waals surface area (Å²) in [4.78, 5) is 34.0. The summed E-state index contributed by atoms with van der Waals surface area (Å²) in [5.41, 5.74) is 0.992. The number of fused-ring (bicyclic) bond motifs is 1. The number of aryl methyl sites for hydroxylation is 1. The van der Waals surface area contributed by atoms with Crippen molar-refractivity contribution in [3.05, 3.63) is 29.5 Å². The van der Waals surface area contributed by atoms with Gasteiger partial charge in [0, 0.05) is 25.2 Å². The van der Waals surface area contributed by atoms with Crippen LogP contribution in [-0.2, 0) is 16.5 Å². The zero-order valence-electron chi connectivity index (χ0n) is 18.9. The van der Waals surface area contributed by atoms with Crippen LogP contribution in [-0.4, -0.2) is 56.2 Å². The summed E-state index contributed by atoms with van der Waals surface area (Å²) in [5.74, 6) is 0.0761. The second-order valence-electron chi connectivity index (χ2n) is 8.74. The van der Waals surface area contributed by atoms with E-state index in [2.05, 4.69) is 31.0 Å². The fourth-order valence-electron chi connectivity index (χ4n) is 3.40. The van der Waals surface area contributed by atoms with Gasteiger partial charge in [0.15, 0.2) is 6.23 Å². The first kappa shape index (κ1) is 22.9. The van der Waals surface area contributed by atoms with E-state index in [1.807, 2.05) is 0 Å². The fourth-order valence-corrected chi connectivity index (χ4v) is 4.25. The molecule has 0 aliphatic carbocycles. The molecule has 0 aromatic carbocycles. The van der Waals surface area contributed by atoms with Gasteiger partial charge in [0.05, 0.1) is 39.9 Å². The topological polar surface area (TPSA) is 132 Å². The van der Waals surface area contributed by atoms with E-state index in [0.717, 1.165) is 17.5 Å². The Labute approximate surface area is 194 Å². The molecule has 3 aromatic heterocycles.